The molecule has 7 heteroatoms. The van der Waals surface area contributed by atoms with Gasteiger partial charge in [0.25, 0.3) is 0 Å². The molecule has 7 nitrogen and oxygen atoms in total. The van der Waals surface area contributed by atoms with Crippen LogP contribution in [0.15, 0.2) is 60.7 Å². The molecule has 0 bridgehead atoms. The average Bonchev–Trinajstić information content (AvgIpc) is 3.08. The van der Waals surface area contributed by atoms with Crippen molar-refractivity contribution >= 4 is 6.09 Å². The van der Waals surface area contributed by atoms with Crippen LogP contribution in [-0.4, -0.2) is 58.4 Å². The number of aliphatic hydroxyl groups excluding tert-OH is 2. The van der Waals surface area contributed by atoms with Crippen LogP contribution in [0.3, 0.4) is 0 Å². The molecule has 0 saturated carbocycles. The molecule has 0 aromatic heterocycles. The highest BCUT2D eigenvalue weighted by Gasteiger charge is 2.49. The van der Waals surface area contributed by atoms with E-state index >= 15 is 0 Å². The molecule has 3 atom stereocenters. The molecule has 2 N–H and O–H groups in total. The first kappa shape index (κ1) is 22.2. The summed E-state index contributed by atoms with van der Waals surface area (Å²) in [7, 11) is 0. The molecular weight excluding hydrogens is 386 g/mol. The summed E-state index contributed by atoms with van der Waals surface area (Å²) in [6.07, 6.45) is -2.62. The van der Waals surface area contributed by atoms with Gasteiger partial charge in [0.05, 0.1) is 25.9 Å². The van der Waals surface area contributed by atoms with Gasteiger partial charge in [0.2, 0.25) is 0 Å². The fourth-order valence-corrected chi connectivity index (χ4v) is 3.51. The zero-order valence-corrected chi connectivity index (χ0v) is 17.3. The van der Waals surface area contributed by atoms with Gasteiger partial charge in [0.15, 0.2) is 0 Å². The van der Waals surface area contributed by atoms with E-state index in [1.807, 2.05) is 60.7 Å². The van der Waals surface area contributed by atoms with Crippen molar-refractivity contribution in [2.75, 3.05) is 13.2 Å². The largest absolute Gasteiger partial charge is 0.444 e. The Labute approximate surface area is 176 Å². The molecular formula is C23H29NO6. The minimum atomic E-state index is -1.15. The maximum absolute atomic E-state index is 12.8. The Kier molecular flexibility index (Phi) is 7.44. The summed E-state index contributed by atoms with van der Waals surface area (Å²) in [5.74, 6) is 0. The first-order chi connectivity index (χ1) is 14.4. The average molecular weight is 415 g/mol. The third-order valence-corrected chi connectivity index (χ3v) is 5.18. The molecule has 1 aliphatic heterocycles. The summed E-state index contributed by atoms with van der Waals surface area (Å²) in [6.45, 7) is 3.55. The van der Waals surface area contributed by atoms with Gasteiger partial charge in [-0.25, -0.2) is 4.79 Å². The van der Waals surface area contributed by atoms with Crippen molar-refractivity contribution in [3.8, 4) is 0 Å². The first-order valence-corrected chi connectivity index (χ1v) is 10.0. The molecule has 1 heterocycles. The predicted octanol–water partition coefficient (Wildman–Crippen LogP) is 2.70. The second-order valence-electron chi connectivity index (χ2n) is 7.74. The lowest BCUT2D eigenvalue weighted by Crippen LogP contribution is -2.55. The van der Waals surface area contributed by atoms with Crippen LogP contribution < -0.4 is 0 Å². The van der Waals surface area contributed by atoms with Crippen LogP contribution in [0.4, 0.5) is 4.79 Å². The van der Waals surface area contributed by atoms with E-state index in [1.165, 1.54) is 4.90 Å². The van der Waals surface area contributed by atoms with Gasteiger partial charge in [-0.2, -0.15) is 0 Å². The standard InChI is InChI=1S/C23H29NO6/c1-23(2)24(22(27)29-15-18-11-7-4-8-12-18)19(16-30-23)21(26)20(13-25)28-14-17-9-5-3-6-10-17/h3-12,19-21,25-26H,13-16H2,1-2H3/t19-,20-,21+/m0/s1. The monoisotopic (exact) mass is 415 g/mol. The number of hydrogen-bond donors (Lipinski definition) is 2. The van der Waals surface area contributed by atoms with Crippen LogP contribution in [0, 0.1) is 0 Å². The maximum Gasteiger partial charge on any atom is 0.412 e. The van der Waals surface area contributed by atoms with Crippen molar-refractivity contribution in [3.63, 3.8) is 0 Å². The van der Waals surface area contributed by atoms with Gasteiger partial charge < -0.3 is 24.4 Å². The van der Waals surface area contributed by atoms with E-state index < -0.39 is 36.7 Å². The topological polar surface area (TPSA) is 88.5 Å². The highest BCUT2D eigenvalue weighted by Crippen LogP contribution is 2.31. The van der Waals surface area contributed by atoms with E-state index in [9.17, 15) is 15.0 Å². The third kappa shape index (κ3) is 5.37. The van der Waals surface area contributed by atoms with Gasteiger partial charge in [-0.1, -0.05) is 60.7 Å². The zero-order valence-electron chi connectivity index (χ0n) is 17.3. The normalized spacial score (nSPS) is 20.0. The second-order valence-corrected chi connectivity index (χ2v) is 7.74. The van der Waals surface area contributed by atoms with Crippen molar-refractivity contribution in [2.45, 2.75) is 51.0 Å². The van der Waals surface area contributed by atoms with Crippen LogP contribution in [0.25, 0.3) is 0 Å². The summed E-state index contributed by atoms with van der Waals surface area (Å²) >= 11 is 0. The summed E-state index contributed by atoms with van der Waals surface area (Å²) in [4.78, 5) is 14.2. The van der Waals surface area contributed by atoms with Gasteiger partial charge in [0.1, 0.15) is 24.5 Å². The summed E-state index contributed by atoms with van der Waals surface area (Å²) < 4.78 is 17.0. The fourth-order valence-electron chi connectivity index (χ4n) is 3.51. The Bertz CT molecular complexity index is 798. The molecule has 1 aliphatic rings. The number of hydrogen-bond acceptors (Lipinski definition) is 6. The molecule has 2 aromatic carbocycles. The Morgan fingerprint density at radius 2 is 1.67 bits per heavy atom. The summed E-state index contributed by atoms with van der Waals surface area (Å²) in [5.41, 5.74) is 0.823. The number of rotatable bonds is 8. The smallest absolute Gasteiger partial charge is 0.412 e. The molecule has 1 saturated heterocycles. The van der Waals surface area contributed by atoms with Crippen molar-refractivity contribution in [2.24, 2.45) is 0 Å². The summed E-state index contributed by atoms with van der Waals surface area (Å²) in [6, 6.07) is 18.1. The maximum atomic E-state index is 12.8. The Hall–Kier alpha value is -2.45. The van der Waals surface area contributed by atoms with E-state index in [1.54, 1.807) is 13.8 Å². The quantitative estimate of drug-likeness (QED) is 0.689. The summed E-state index contributed by atoms with van der Waals surface area (Å²) in [5, 5.41) is 20.7. The highest BCUT2D eigenvalue weighted by molar-refractivity contribution is 5.69. The number of nitrogens with zero attached hydrogens (tertiary/aromatic N) is 1. The lowest BCUT2D eigenvalue weighted by molar-refractivity contribution is -0.0991. The van der Waals surface area contributed by atoms with E-state index in [4.69, 9.17) is 14.2 Å². The lowest BCUT2D eigenvalue weighted by atomic mass is 10.0. The second kappa shape index (κ2) is 10.0. The molecule has 0 aliphatic carbocycles. The van der Waals surface area contributed by atoms with Gasteiger partial charge in [0, 0.05) is 0 Å². The predicted molar refractivity (Wildman–Crippen MR) is 110 cm³/mol. The first-order valence-electron chi connectivity index (χ1n) is 10.0. The molecule has 0 spiro atoms. The molecule has 162 valence electrons. The van der Waals surface area contributed by atoms with E-state index in [0.29, 0.717) is 0 Å². The van der Waals surface area contributed by atoms with E-state index in [-0.39, 0.29) is 19.8 Å². The molecule has 1 fully saturated rings. The van der Waals surface area contributed by atoms with Crippen LogP contribution in [0.1, 0.15) is 25.0 Å². The van der Waals surface area contributed by atoms with Crippen molar-refractivity contribution < 1.29 is 29.2 Å². The van der Waals surface area contributed by atoms with Crippen LogP contribution in [-0.2, 0) is 27.4 Å². The van der Waals surface area contributed by atoms with Crippen molar-refractivity contribution in [1.82, 2.24) is 4.90 Å². The van der Waals surface area contributed by atoms with Gasteiger partial charge in [-0.05, 0) is 25.0 Å². The molecule has 0 radical (unpaired) electrons. The van der Waals surface area contributed by atoms with Crippen LogP contribution in [0.5, 0.6) is 0 Å². The van der Waals surface area contributed by atoms with Crippen LogP contribution >= 0.6 is 0 Å². The zero-order chi connectivity index (χ0) is 21.6. The van der Waals surface area contributed by atoms with E-state index in [0.717, 1.165) is 11.1 Å². The molecule has 0 unspecified atom stereocenters. The lowest BCUT2D eigenvalue weighted by Gasteiger charge is -2.36. The Morgan fingerprint density at radius 1 is 1.10 bits per heavy atom. The van der Waals surface area contributed by atoms with Crippen LogP contribution in [0.2, 0.25) is 0 Å². The molecule has 2 aromatic rings. The highest BCUT2D eigenvalue weighted by atomic mass is 16.6. The van der Waals surface area contributed by atoms with E-state index in [2.05, 4.69) is 0 Å². The molecule has 1 amide bonds. The number of carbonyl (C=O) groups excluding carboxylic acids is 1. The Morgan fingerprint density at radius 3 is 2.23 bits per heavy atom. The Balaban J connectivity index is 1.66. The number of benzene rings is 2. The number of carbonyl (C=O) groups is 1. The van der Waals surface area contributed by atoms with Crippen molar-refractivity contribution in [3.05, 3.63) is 71.8 Å². The minimum absolute atomic E-state index is 0.111. The number of aliphatic hydroxyl groups is 2. The van der Waals surface area contributed by atoms with Gasteiger partial charge >= 0.3 is 6.09 Å². The fraction of sp³-hybridized carbons (Fsp3) is 0.435. The molecule has 3 rings (SSSR count). The minimum Gasteiger partial charge on any atom is -0.444 e. The molecule has 30 heavy (non-hydrogen) atoms. The third-order valence-electron chi connectivity index (χ3n) is 5.18. The number of ether oxygens (including phenoxy) is 3. The van der Waals surface area contributed by atoms with Gasteiger partial charge in [-0.3, -0.25) is 4.90 Å². The van der Waals surface area contributed by atoms with Crippen molar-refractivity contribution in [1.29, 1.82) is 0 Å². The van der Waals surface area contributed by atoms with Gasteiger partial charge in [-0.15, -0.1) is 0 Å². The SMILES string of the molecule is CC1(C)OC[C@@H]([C@@H](O)[C@H](CO)OCc2ccccc2)N1C(=O)OCc1ccccc1. The number of amides is 1.